The van der Waals surface area contributed by atoms with Crippen LogP contribution >= 0.6 is 15.9 Å². The van der Waals surface area contributed by atoms with Gasteiger partial charge < -0.3 is 5.32 Å². The van der Waals surface area contributed by atoms with Gasteiger partial charge in [0.05, 0.1) is 11.3 Å². The number of nitrogens with one attached hydrogen (secondary N) is 1. The molecule has 23 heavy (non-hydrogen) atoms. The molecule has 1 amide bonds. The van der Waals surface area contributed by atoms with Gasteiger partial charge in [0.15, 0.2) is 0 Å². The molecule has 4 rings (SSSR count). The fourth-order valence-corrected chi connectivity index (χ4v) is 3.98. The number of aromatic nitrogens is 4. The fourth-order valence-electron chi connectivity index (χ4n) is 3.56. The van der Waals surface area contributed by atoms with Crippen LogP contribution in [0.4, 0.5) is 0 Å². The van der Waals surface area contributed by atoms with E-state index in [9.17, 15) is 4.79 Å². The number of halogens is 1. The number of benzene rings is 1. The molecule has 118 valence electrons. The minimum Gasteiger partial charge on any atom is -0.352 e. The minimum atomic E-state index is -0.0708. The zero-order valence-electron chi connectivity index (χ0n) is 12.4. The lowest BCUT2D eigenvalue weighted by Crippen LogP contribution is -2.31. The number of allylic oxidation sites excluding steroid dienone is 2. The van der Waals surface area contributed by atoms with Crippen LogP contribution in [0.5, 0.6) is 0 Å². The number of carbonyl (C=O) groups excluding carboxylic acids is 1. The standard InChI is InChI=1S/C16H16BrN5O/c17-15-4-3-13(22-9-19-20-21-22)7-14(15)16(23)18-8-12-6-10-1-2-11(12)5-10/h1-4,7,9-12H,5-6,8H2,(H,18,23)/t10-,11+,12-/m0/s1. The van der Waals surface area contributed by atoms with E-state index in [4.69, 9.17) is 0 Å². The summed E-state index contributed by atoms with van der Waals surface area (Å²) in [6, 6.07) is 5.49. The van der Waals surface area contributed by atoms with Crippen molar-refractivity contribution in [2.75, 3.05) is 6.54 Å². The van der Waals surface area contributed by atoms with E-state index in [1.165, 1.54) is 23.9 Å². The Morgan fingerprint density at radius 3 is 2.96 bits per heavy atom. The van der Waals surface area contributed by atoms with E-state index in [2.05, 4.69) is 48.9 Å². The van der Waals surface area contributed by atoms with Crippen LogP contribution in [-0.4, -0.2) is 32.7 Å². The third-order valence-electron chi connectivity index (χ3n) is 4.75. The van der Waals surface area contributed by atoms with E-state index in [0.717, 1.165) is 22.6 Å². The fraction of sp³-hybridized carbons (Fsp3) is 0.375. The van der Waals surface area contributed by atoms with Crippen molar-refractivity contribution in [3.05, 3.63) is 46.7 Å². The summed E-state index contributed by atoms with van der Waals surface area (Å²) < 4.78 is 2.30. The first-order valence-corrected chi connectivity index (χ1v) is 8.49. The Balaban J connectivity index is 1.47. The molecule has 7 heteroatoms. The highest BCUT2D eigenvalue weighted by Crippen LogP contribution is 2.42. The third-order valence-corrected chi connectivity index (χ3v) is 5.44. The third kappa shape index (κ3) is 2.81. The second kappa shape index (κ2) is 5.88. The van der Waals surface area contributed by atoms with Gasteiger partial charge in [0, 0.05) is 11.0 Å². The van der Waals surface area contributed by atoms with Gasteiger partial charge in [0.25, 0.3) is 5.91 Å². The van der Waals surface area contributed by atoms with Crippen LogP contribution in [0.3, 0.4) is 0 Å². The molecule has 2 bridgehead atoms. The monoisotopic (exact) mass is 373 g/mol. The van der Waals surface area contributed by atoms with E-state index >= 15 is 0 Å². The predicted octanol–water partition coefficient (Wildman–Crippen LogP) is 2.37. The Hall–Kier alpha value is -2.02. The average Bonchev–Trinajstić information content (AvgIpc) is 3.30. The number of carbonyl (C=O) groups is 1. The van der Waals surface area contributed by atoms with Crippen molar-refractivity contribution in [2.24, 2.45) is 17.8 Å². The largest absolute Gasteiger partial charge is 0.352 e. The van der Waals surface area contributed by atoms with Crippen molar-refractivity contribution in [1.29, 1.82) is 0 Å². The highest BCUT2D eigenvalue weighted by molar-refractivity contribution is 9.10. The molecule has 0 aliphatic heterocycles. The molecular formula is C16H16BrN5O. The molecule has 2 aliphatic rings. The van der Waals surface area contributed by atoms with Gasteiger partial charge in [-0.25, -0.2) is 4.68 Å². The van der Waals surface area contributed by atoms with Crippen molar-refractivity contribution >= 4 is 21.8 Å². The van der Waals surface area contributed by atoms with Crippen LogP contribution in [-0.2, 0) is 0 Å². The smallest absolute Gasteiger partial charge is 0.252 e. The number of hydrogen-bond acceptors (Lipinski definition) is 4. The van der Waals surface area contributed by atoms with Crippen LogP contribution in [0.15, 0.2) is 41.2 Å². The molecule has 1 N–H and O–H groups in total. The normalized spacial score (nSPS) is 25.0. The van der Waals surface area contributed by atoms with Crippen LogP contribution < -0.4 is 5.32 Å². The van der Waals surface area contributed by atoms with Gasteiger partial charge in [-0.05, 0) is 75.2 Å². The van der Waals surface area contributed by atoms with Gasteiger partial charge in [-0.15, -0.1) is 5.10 Å². The number of rotatable bonds is 4. The van der Waals surface area contributed by atoms with Gasteiger partial charge in [0.2, 0.25) is 0 Å². The molecule has 1 saturated carbocycles. The molecule has 6 nitrogen and oxygen atoms in total. The molecule has 0 radical (unpaired) electrons. The summed E-state index contributed by atoms with van der Waals surface area (Å²) in [7, 11) is 0. The van der Waals surface area contributed by atoms with Crippen LogP contribution in [0.25, 0.3) is 5.69 Å². The molecule has 1 aromatic carbocycles. The van der Waals surface area contributed by atoms with Crippen LogP contribution in [0.1, 0.15) is 23.2 Å². The molecule has 1 fully saturated rings. The van der Waals surface area contributed by atoms with E-state index in [1.54, 1.807) is 6.07 Å². The van der Waals surface area contributed by atoms with Gasteiger partial charge >= 0.3 is 0 Å². The van der Waals surface area contributed by atoms with E-state index < -0.39 is 0 Å². The van der Waals surface area contributed by atoms with Crippen molar-refractivity contribution in [2.45, 2.75) is 12.8 Å². The maximum absolute atomic E-state index is 12.5. The quantitative estimate of drug-likeness (QED) is 0.834. The van der Waals surface area contributed by atoms with Crippen molar-refractivity contribution < 1.29 is 4.79 Å². The second-order valence-electron chi connectivity index (χ2n) is 6.17. The molecular weight excluding hydrogens is 358 g/mol. The average molecular weight is 374 g/mol. The summed E-state index contributed by atoms with van der Waals surface area (Å²) in [5.74, 6) is 1.85. The maximum Gasteiger partial charge on any atom is 0.252 e. The van der Waals surface area contributed by atoms with E-state index in [0.29, 0.717) is 17.4 Å². The van der Waals surface area contributed by atoms with Gasteiger partial charge in [-0.3, -0.25) is 4.79 Å². The number of amides is 1. The lowest BCUT2D eigenvalue weighted by Gasteiger charge is -2.18. The summed E-state index contributed by atoms with van der Waals surface area (Å²) in [6.07, 6.45) is 8.56. The summed E-state index contributed by atoms with van der Waals surface area (Å²) >= 11 is 3.45. The Morgan fingerprint density at radius 1 is 1.35 bits per heavy atom. The van der Waals surface area contributed by atoms with Crippen molar-refractivity contribution in [3.8, 4) is 5.69 Å². The van der Waals surface area contributed by atoms with Gasteiger partial charge in [0.1, 0.15) is 6.33 Å². The molecule has 3 atom stereocenters. The first-order valence-electron chi connectivity index (χ1n) is 7.70. The van der Waals surface area contributed by atoms with Gasteiger partial charge in [-0.1, -0.05) is 12.2 Å². The molecule has 2 aliphatic carbocycles. The summed E-state index contributed by atoms with van der Waals surface area (Å²) in [4.78, 5) is 12.5. The lowest BCUT2D eigenvalue weighted by molar-refractivity contribution is 0.0944. The SMILES string of the molecule is O=C(NC[C@@H]1C[C@H]2C=C[C@@H]1C2)c1cc(-n2cnnn2)ccc1Br. The molecule has 0 saturated heterocycles. The van der Waals surface area contributed by atoms with E-state index in [-0.39, 0.29) is 5.91 Å². The summed E-state index contributed by atoms with van der Waals surface area (Å²) in [6.45, 7) is 0.728. The van der Waals surface area contributed by atoms with E-state index in [1.807, 2.05) is 12.1 Å². The van der Waals surface area contributed by atoms with Crippen molar-refractivity contribution in [1.82, 2.24) is 25.5 Å². The molecule has 1 aromatic heterocycles. The first kappa shape index (κ1) is 14.6. The van der Waals surface area contributed by atoms with Crippen LogP contribution in [0.2, 0.25) is 0 Å². The summed E-state index contributed by atoms with van der Waals surface area (Å²) in [5, 5.41) is 14.2. The number of tetrazole rings is 1. The number of nitrogens with zero attached hydrogens (tertiary/aromatic N) is 4. The highest BCUT2D eigenvalue weighted by atomic mass is 79.9. The maximum atomic E-state index is 12.5. The Bertz CT molecular complexity index is 758. The Labute approximate surface area is 142 Å². The zero-order chi connectivity index (χ0) is 15.8. The first-order chi connectivity index (χ1) is 11.2. The van der Waals surface area contributed by atoms with Gasteiger partial charge in [-0.2, -0.15) is 0 Å². The topological polar surface area (TPSA) is 72.7 Å². The molecule has 2 aromatic rings. The molecule has 0 unspecified atom stereocenters. The highest BCUT2D eigenvalue weighted by Gasteiger charge is 2.35. The van der Waals surface area contributed by atoms with Crippen molar-refractivity contribution in [3.63, 3.8) is 0 Å². The zero-order valence-corrected chi connectivity index (χ0v) is 14.0. The molecule has 1 heterocycles. The van der Waals surface area contributed by atoms with Crippen LogP contribution in [0, 0.1) is 17.8 Å². The summed E-state index contributed by atoms with van der Waals surface area (Å²) in [5.41, 5.74) is 1.35. The lowest BCUT2D eigenvalue weighted by atomic mass is 9.93. The Morgan fingerprint density at radius 2 is 2.26 bits per heavy atom. The Kier molecular flexibility index (Phi) is 3.72. The number of fused-ring (bicyclic) bond motifs is 2. The minimum absolute atomic E-state index is 0.0708. The molecule has 0 spiro atoms. The second-order valence-corrected chi connectivity index (χ2v) is 7.02. The number of hydrogen-bond donors (Lipinski definition) is 1. The predicted molar refractivity (Wildman–Crippen MR) is 88.0 cm³/mol.